The largest absolute Gasteiger partial charge is 0.371 e. The van der Waals surface area contributed by atoms with Crippen LogP contribution >= 0.6 is 24.8 Å². The molecule has 2 atom stereocenters. The average Bonchev–Trinajstić information content (AvgIpc) is 3.23. The highest BCUT2D eigenvalue weighted by atomic mass is 35.5. The molecule has 0 saturated carbocycles. The van der Waals surface area contributed by atoms with Gasteiger partial charge in [-0.1, -0.05) is 13.0 Å². The second kappa shape index (κ2) is 13.0. The highest BCUT2D eigenvalue weighted by molar-refractivity contribution is 5.97. The summed E-state index contributed by atoms with van der Waals surface area (Å²) in [6.45, 7) is 8.09. The number of nitrogens with zero attached hydrogens (tertiary/aromatic N) is 1. The lowest BCUT2D eigenvalue weighted by molar-refractivity contribution is -0.127. The fraction of sp³-hybridized carbons (Fsp3) is 0.636. The molecule has 1 aromatic carbocycles. The molecule has 2 amide bonds. The Morgan fingerprint density at radius 1 is 1.13 bits per heavy atom. The first-order chi connectivity index (χ1) is 13.5. The quantitative estimate of drug-likeness (QED) is 0.583. The summed E-state index contributed by atoms with van der Waals surface area (Å²) < 4.78 is 0. The molecule has 0 aliphatic carbocycles. The molecule has 2 fully saturated rings. The molecule has 2 unspecified atom stereocenters. The van der Waals surface area contributed by atoms with E-state index < -0.39 is 6.04 Å². The van der Waals surface area contributed by atoms with E-state index in [1.165, 1.54) is 12.8 Å². The summed E-state index contributed by atoms with van der Waals surface area (Å²) >= 11 is 0. The van der Waals surface area contributed by atoms with E-state index in [9.17, 15) is 9.59 Å². The van der Waals surface area contributed by atoms with Crippen LogP contribution in [0.4, 0.5) is 11.4 Å². The lowest BCUT2D eigenvalue weighted by Crippen LogP contribution is -2.42. The highest BCUT2D eigenvalue weighted by Gasteiger charge is 2.24. The molecule has 0 bridgehead atoms. The Hall–Kier alpha value is -1.50. The predicted octanol–water partition coefficient (Wildman–Crippen LogP) is 3.60. The smallest absolute Gasteiger partial charge is 0.246 e. The number of anilines is 2. The van der Waals surface area contributed by atoms with Crippen molar-refractivity contribution in [1.29, 1.82) is 0 Å². The first kappa shape index (κ1) is 26.5. The Kier molecular flexibility index (Phi) is 11.5. The third-order valence-electron chi connectivity index (χ3n) is 6.05. The highest BCUT2D eigenvalue weighted by Crippen LogP contribution is 2.25. The number of carbonyl (C=O) groups is 2. The third-order valence-corrected chi connectivity index (χ3v) is 6.05. The molecule has 1 aromatic rings. The number of benzene rings is 1. The van der Waals surface area contributed by atoms with Crippen LogP contribution in [0.1, 0.15) is 46.0 Å². The van der Waals surface area contributed by atoms with Crippen LogP contribution in [0.3, 0.4) is 0 Å². The lowest BCUT2D eigenvalue weighted by Gasteiger charge is -2.28. The summed E-state index contributed by atoms with van der Waals surface area (Å²) in [6.07, 6.45) is 5.16. The Labute approximate surface area is 192 Å². The minimum absolute atomic E-state index is 0. The van der Waals surface area contributed by atoms with Crippen molar-refractivity contribution in [3.8, 4) is 0 Å². The van der Waals surface area contributed by atoms with Crippen LogP contribution in [-0.4, -0.2) is 44.0 Å². The van der Waals surface area contributed by atoms with Gasteiger partial charge in [0.25, 0.3) is 0 Å². The van der Waals surface area contributed by atoms with E-state index in [-0.39, 0.29) is 36.6 Å². The van der Waals surface area contributed by atoms with E-state index in [4.69, 9.17) is 0 Å². The molecular weight excluding hydrogens is 423 g/mol. The summed E-state index contributed by atoms with van der Waals surface area (Å²) in [5, 5.41) is 9.16. The van der Waals surface area contributed by atoms with Crippen molar-refractivity contribution in [2.75, 3.05) is 36.4 Å². The van der Waals surface area contributed by atoms with Crippen LogP contribution in [-0.2, 0) is 9.59 Å². The van der Waals surface area contributed by atoms with Gasteiger partial charge in [-0.3, -0.25) is 9.59 Å². The van der Waals surface area contributed by atoms with Gasteiger partial charge in [-0.05, 0) is 75.7 Å². The number of nitrogens with one attached hydrogen (secondary N) is 3. The van der Waals surface area contributed by atoms with Crippen LogP contribution in [0, 0.1) is 11.8 Å². The average molecular weight is 459 g/mol. The summed E-state index contributed by atoms with van der Waals surface area (Å²) in [5.41, 5.74) is 1.92. The van der Waals surface area contributed by atoms with Crippen LogP contribution in [0.25, 0.3) is 0 Å². The van der Waals surface area contributed by atoms with Crippen molar-refractivity contribution in [1.82, 2.24) is 10.6 Å². The molecule has 3 N–H and O–H groups in total. The molecule has 6 nitrogen and oxygen atoms in total. The molecule has 3 rings (SSSR count). The van der Waals surface area contributed by atoms with Gasteiger partial charge in [-0.15, -0.1) is 24.8 Å². The minimum atomic E-state index is -0.553. The number of hydrogen-bond acceptors (Lipinski definition) is 4. The first-order valence-electron chi connectivity index (χ1n) is 10.7. The minimum Gasteiger partial charge on any atom is -0.371 e. The zero-order valence-corrected chi connectivity index (χ0v) is 19.6. The standard InChI is InChI=1S/C22H34N4O2.2ClH/c1-16(18-8-10-23-11-9-18)14-21(27)24-17(2)22(28)25-19-6-5-7-20(15-19)26-12-3-4-13-26;;/h5-7,15-18,23H,3-4,8-14H2,1-2H3,(H,24,27)(H,25,28);2*1H. The van der Waals surface area contributed by atoms with Crippen molar-refractivity contribution >= 4 is 48.0 Å². The van der Waals surface area contributed by atoms with Gasteiger partial charge in [-0.25, -0.2) is 0 Å². The first-order valence-corrected chi connectivity index (χ1v) is 10.7. The number of piperidine rings is 1. The molecule has 2 heterocycles. The van der Waals surface area contributed by atoms with Crippen molar-refractivity contribution in [3.05, 3.63) is 24.3 Å². The van der Waals surface area contributed by atoms with Crippen molar-refractivity contribution in [3.63, 3.8) is 0 Å². The van der Waals surface area contributed by atoms with E-state index in [1.807, 2.05) is 18.2 Å². The summed E-state index contributed by atoms with van der Waals surface area (Å²) in [7, 11) is 0. The third kappa shape index (κ3) is 7.64. The molecule has 2 aliphatic heterocycles. The van der Waals surface area contributed by atoms with Gasteiger partial charge < -0.3 is 20.9 Å². The van der Waals surface area contributed by atoms with E-state index in [2.05, 4.69) is 33.8 Å². The van der Waals surface area contributed by atoms with E-state index in [0.29, 0.717) is 18.3 Å². The maximum absolute atomic E-state index is 12.5. The van der Waals surface area contributed by atoms with Gasteiger partial charge in [0.15, 0.2) is 0 Å². The summed E-state index contributed by atoms with van der Waals surface area (Å²) in [4.78, 5) is 27.2. The van der Waals surface area contributed by atoms with Gasteiger partial charge in [0.1, 0.15) is 6.04 Å². The Bertz CT molecular complexity index is 677. The van der Waals surface area contributed by atoms with Gasteiger partial charge in [0.2, 0.25) is 11.8 Å². The summed E-state index contributed by atoms with van der Waals surface area (Å²) in [5.74, 6) is 0.708. The maximum atomic E-state index is 12.5. The Morgan fingerprint density at radius 2 is 1.80 bits per heavy atom. The SMILES string of the molecule is CC(NC(=O)CC(C)C1CCNCC1)C(=O)Nc1cccc(N2CCCC2)c1.Cl.Cl. The monoisotopic (exact) mass is 458 g/mol. The molecule has 30 heavy (non-hydrogen) atoms. The van der Waals surface area contributed by atoms with Crippen LogP contribution in [0.5, 0.6) is 0 Å². The predicted molar refractivity (Wildman–Crippen MR) is 128 cm³/mol. The van der Waals surface area contributed by atoms with Crippen LogP contribution in [0.2, 0.25) is 0 Å². The fourth-order valence-electron chi connectivity index (χ4n) is 4.24. The van der Waals surface area contributed by atoms with E-state index in [0.717, 1.165) is 50.4 Å². The zero-order valence-electron chi connectivity index (χ0n) is 18.0. The molecule has 0 aromatic heterocycles. The number of carbonyl (C=O) groups excluding carboxylic acids is 2. The lowest BCUT2D eigenvalue weighted by atomic mass is 9.84. The number of halogens is 2. The Morgan fingerprint density at radius 3 is 2.47 bits per heavy atom. The van der Waals surface area contributed by atoms with Crippen molar-refractivity contribution < 1.29 is 9.59 Å². The number of amides is 2. The van der Waals surface area contributed by atoms with Gasteiger partial charge >= 0.3 is 0 Å². The van der Waals surface area contributed by atoms with Gasteiger partial charge in [0.05, 0.1) is 0 Å². The second-order valence-corrected chi connectivity index (χ2v) is 8.29. The maximum Gasteiger partial charge on any atom is 0.246 e. The van der Waals surface area contributed by atoms with Crippen LogP contribution in [0.15, 0.2) is 24.3 Å². The van der Waals surface area contributed by atoms with E-state index in [1.54, 1.807) is 6.92 Å². The van der Waals surface area contributed by atoms with E-state index >= 15 is 0 Å². The number of hydrogen-bond donors (Lipinski definition) is 3. The van der Waals surface area contributed by atoms with Gasteiger partial charge in [0, 0.05) is 30.9 Å². The topological polar surface area (TPSA) is 73.5 Å². The zero-order chi connectivity index (χ0) is 19.9. The molecular formula is C22H36Cl2N4O2. The van der Waals surface area contributed by atoms with Gasteiger partial charge in [-0.2, -0.15) is 0 Å². The summed E-state index contributed by atoms with van der Waals surface area (Å²) in [6, 6.07) is 7.40. The van der Waals surface area contributed by atoms with Crippen molar-refractivity contribution in [2.45, 2.75) is 52.0 Å². The fourth-order valence-corrected chi connectivity index (χ4v) is 4.24. The van der Waals surface area contributed by atoms with Crippen LogP contribution < -0.4 is 20.9 Å². The molecule has 2 aliphatic rings. The molecule has 2 saturated heterocycles. The molecule has 170 valence electrons. The molecule has 0 spiro atoms. The normalized spacial score (nSPS) is 18.5. The van der Waals surface area contributed by atoms with Crippen molar-refractivity contribution in [2.24, 2.45) is 11.8 Å². The molecule has 0 radical (unpaired) electrons. The number of rotatable bonds is 7. The molecule has 8 heteroatoms. The second-order valence-electron chi connectivity index (χ2n) is 8.29. The Balaban J connectivity index is 0.00000225.